The summed E-state index contributed by atoms with van der Waals surface area (Å²) in [6.07, 6.45) is 0.844. The number of carbonyl (C=O) groups is 2. The second-order valence-electron chi connectivity index (χ2n) is 4.10. The van der Waals surface area contributed by atoms with E-state index in [-0.39, 0.29) is 30.4 Å². The van der Waals surface area contributed by atoms with Gasteiger partial charge in [0, 0.05) is 32.7 Å². The van der Waals surface area contributed by atoms with Gasteiger partial charge in [-0.2, -0.15) is 0 Å². The largest absolute Gasteiger partial charge is 0.396 e. The molecule has 15 heavy (non-hydrogen) atoms. The lowest BCUT2D eigenvalue weighted by atomic mass is 10.1. The summed E-state index contributed by atoms with van der Waals surface area (Å²) in [7, 11) is 1.70. The first-order valence-corrected chi connectivity index (χ1v) is 5.19. The highest BCUT2D eigenvalue weighted by Crippen LogP contribution is 2.16. The molecule has 1 saturated heterocycles. The number of aliphatic hydroxyl groups excluding tert-OH is 1. The van der Waals surface area contributed by atoms with Gasteiger partial charge >= 0.3 is 0 Å². The highest BCUT2D eigenvalue weighted by atomic mass is 16.3. The van der Waals surface area contributed by atoms with Crippen molar-refractivity contribution in [2.45, 2.75) is 25.8 Å². The maximum Gasteiger partial charge on any atom is 0.225 e. The molecule has 2 N–H and O–H groups in total. The molecule has 0 aliphatic carbocycles. The zero-order valence-electron chi connectivity index (χ0n) is 9.19. The Morgan fingerprint density at radius 3 is 2.87 bits per heavy atom. The topological polar surface area (TPSA) is 69.6 Å². The van der Waals surface area contributed by atoms with Crippen LogP contribution in [0.1, 0.15) is 19.8 Å². The lowest BCUT2D eigenvalue weighted by molar-refractivity contribution is -0.128. The summed E-state index contributed by atoms with van der Waals surface area (Å²) in [5.74, 6) is -0.303. The van der Waals surface area contributed by atoms with Gasteiger partial charge in [-0.1, -0.05) is 0 Å². The average Bonchev–Trinajstić information content (AvgIpc) is 2.47. The molecular weight excluding hydrogens is 196 g/mol. The molecule has 0 bridgehead atoms. The van der Waals surface area contributed by atoms with Crippen molar-refractivity contribution in [1.82, 2.24) is 10.2 Å². The highest BCUT2D eigenvalue weighted by Gasteiger charge is 2.32. The Bertz CT molecular complexity index is 255. The Labute approximate surface area is 89.4 Å². The molecule has 2 atom stereocenters. The van der Waals surface area contributed by atoms with Gasteiger partial charge in [-0.3, -0.25) is 9.59 Å². The van der Waals surface area contributed by atoms with Crippen LogP contribution in [0.5, 0.6) is 0 Å². The van der Waals surface area contributed by atoms with E-state index >= 15 is 0 Å². The summed E-state index contributed by atoms with van der Waals surface area (Å²) in [6, 6.07) is -0.0384. The normalized spacial score (nSPS) is 23.0. The number of amides is 2. The molecule has 2 unspecified atom stereocenters. The van der Waals surface area contributed by atoms with Gasteiger partial charge in [0.15, 0.2) is 0 Å². The first-order valence-electron chi connectivity index (χ1n) is 5.19. The van der Waals surface area contributed by atoms with Crippen LogP contribution in [-0.2, 0) is 9.59 Å². The minimum absolute atomic E-state index is 0.0185. The molecule has 0 radical (unpaired) electrons. The fraction of sp³-hybridized carbons (Fsp3) is 0.800. The molecule has 1 aliphatic heterocycles. The van der Waals surface area contributed by atoms with Crippen molar-refractivity contribution in [2.75, 3.05) is 20.2 Å². The van der Waals surface area contributed by atoms with Crippen molar-refractivity contribution < 1.29 is 14.7 Å². The first-order chi connectivity index (χ1) is 7.04. The lowest BCUT2D eigenvalue weighted by Crippen LogP contribution is -2.38. The molecule has 0 aromatic heterocycles. The van der Waals surface area contributed by atoms with Gasteiger partial charge in [-0.25, -0.2) is 0 Å². The van der Waals surface area contributed by atoms with Gasteiger partial charge in [0.1, 0.15) is 0 Å². The molecule has 1 rings (SSSR count). The van der Waals surface area contributed by atoms with Crippen LogP contribution in [0.25, 0.3) is 0 Å². The van der Waals surface area contributed by atoms with E-state index in [0.717, 1.165) is 0 Å². The van der Waals surface area contributed by atoms with Crippen molar-refractivity contribution in [3.63, 3.8) is 0 Å². The number of likely N-dealkylation sites (tertiary alicyclic amines) is 1. The molecular formula is C10H18N2O3. The molecule has 0 saturated carbocycles. The molecule has 0 aromatic carbocycles. The third kappa shape index (κ3) is 3.20. The van der Waals surface area contributed by atoms with Crippen molar-refractivity contribution in [3.8, 4) is 0 Å². The Balaban J connectivity index is 2.38. The maximum absolute atomic E-state index is 11.7. The van der Waals surface area contributed by atoms with E-state index in [1.165, 1.54) is 0 Å². The fourth-order valence-electron chi connectivity index (χ4n) is 1.67. The molecule has 1 aliphatic rings. The van der Waals surface area contributed by atoms with Gasteiger partial charge in [-0.15, -0.1) is 0 Å². The zero-order chi connectivity index (χ0) is 11.4. The molecule has 5 nitrogen and oxygen atoms in total. The van der Waals surface area contributed by atoms with E-state index in [0.29, 0.717) is 19.4 Å². The van der Waals surface area contributed by atoms with Gasteiger partial charge in [0.25, 0.3) is 0 Å². The second kappa shape index (κ2) is 5.11. The number of hydrogen-bond acceptors (Lipinski definition) is 3. The van der Waals surface area contributed by atoms with E-state index in [2.05, 4.69) is 5.32 Å². The van der Waals surface area contributed by atoms with Crippen molar-refractivity contribution in [3.05, 3.63) is 0 Å². The molecule has 86 valence electrons. The summed E-state index contributed by atoms with van der Waals surface area (Å²) in [6.45, 7) is 2.40. The number of aliphatic hydroxyl groups is 1. The minimum Gasteiger partial charge on any atom is -0.396 e. The minimum atomic E-state index is -0.233. The molecule has 5 heteroatoms. The number of hydrogen-bond donors (Lipinski definition) is 2. The van der Waals surface area contributed by atoms with Crippen LogP contribution < -0.4 is 5.32 Å². The molecule has 0 spiro atoms. The highest BCUT2D eigenvalue weighted by molar-refractivity contribution is 5.89. The third-order valence-corrected chi connectivity index (χ3v) is 2.66. The second-order valence-corrected chi connectivity index (χ2v) is 4.10. The van der Waals surface area contributed by atoms with E-state index in [4.69, 9.17) is 5.11 Å². The smallest absolute Gasteiger partial charge is 0.225 e. The molecule has 0 aromatic rings. The van der Waals surface area contributed by atoms with Gasteiger partial charge < -0.3 is 15.3 Å². The monoisotopic (exact) mass is 214 g/mol. The van der Waals surface area contributed by atoms with Gasteiger partial charge in [-0.05, 0) is 13.3 Å². The summed E-state index contributed by atoms with van der Waals surface area (Å²) < 4.78 is 0. The van der Waals surface area contributed by atoms with Crippen LogP contribution in [0.4, 0.5) is 0 Å². The fourth-order valence-corrected chi connectivity index (χ4v) is 1.67. The Hall–Kier alpha value is -1.10. The summed E-state index contributed by atoms with van der Waals surface area (Å²) in [5.41, 5.74) is 0. The van der Waals surface area contributed by atoms with Crippen LogP contribution in [-0.4, -0.2) is 48.1 Å². The molecule has 1 heterocycles. The lowest BCUT2D eigenvalue weighted by Gasteiger charge is -2.15. The summed E-state index contributed by atoms with van der Waals surface area (Å²) in [4.78, 5) is 24.4. The van der Waals surface area contributed by atoms with Crippen LogP contribution in [0.2, 0.25) is 0 Å². The average molecular weight is 214 g/mol. The Morgan fingerprint density at radius 2 is 2.40 bits per heavy atom. The van der Waals surface area contributed by atoms with E-state index in [1.54, 1.807) is 11.9 Å². The number of nitrogens with zero attached hydrogens (tertiary/aromatic N) is 1. The molecule has 1 fully saturated rings. The first kappa shape index (κ1) is 12.0. The van der Waals surface area contributed by atoms with Gasteiger partial charge in [0.2, 0.25) is 11.8 Å². The van der Waals surface area contributed by atoms with Crippen LogP contribution in [0, 0.1) is 5.92 Å². The van der Waals surface area contributed by atoms with E-state index < -0.39 is 0 Å². The van der Waals surface area contributed by atoms with Crippen LogP contribution in [0.3, 0.4) is 0 Å². The van der Waals surface area contributed by atoms with Crippen molar-refractivity contribution >= 4 is 11.8 Å². The zero-order valence-corrected chi connectivity index (χ0v) is 9.19. The number of carbonyl (C=O) groups excluding carboxylic acids is 2. The van der Waals surface area contributed by atoms with Crippen LogP contribution >= 0.6 is 0 Å². The SMILES string of the molecule is CC(CCO)NC(=O)C1CC(=O)N(C)C1. The summed E-state index contributed by atoms with van der Waals surface area (Å²) in [5, 5.41) is 11.5. The van der Waals surface area contributed by atoms with Crippen LogP contribution in [0.15, 0.2) is 0 Å². The quantitative estimate of drug-likeness (QED) is 0.653. The Morgan fingerprint density at radius 1 is 1.73 bits per heavy atom. The Kier molecular flexibility index (Phi) is 4.08. The maximum atomic E-state index is 11.7. The van der Waals surface area contributed by atoms with E-state index in [1.807, 2.05) is 6.92 Å². The third-order valence-electron chi connectivity index (χ3n) is 2.66. The van der Waals surface area contributed by atoms with Crippen molar-refractivity contribution in [2.24, 2.45) is 5.92 Å². The van der Waals surface area contributed by atoms with Crippen molar-refractivity contribution in [1.29, 1.82) is 0 Å². The summed E-state index contributed by atoms with van der Waals surface area (Å²) >= 11 is 0. The predicted octanol–water partition coefficient (Wildman–Crippen LogP) is -0.648. The standard InChI is InChI=1S/C10H18N2O3/c1-7(3-4-13)11-10(15)8-5-9(14)12(2)6-8/h7-8,13H,3-6H2,1-2H3,(H,11,15). The molecule has 2 amide bonds. The number of rotatable bonds is 4. The predicted molar refractivity (Wildman–Crippen MR) is 55.1 cm³/mol. The number of nitrogens with one attached hydrogen (secondary N) is 1. The van der Waals surface area contributed by atoms with E-state index in [9.17, 15) is 9.59 Å². The van der Waals surface area contributed by atoms with Gasteiger partial charge in [0.05, 0.1) is 5.92 Å².